The fraction of sp³-hybridized carbons (Fsp3) is 0.700. The van der Waals surface area contributed by atoms with Crippen molar-refractivity contribution in [3.8, 4) is 0 Å². The molecule has 0 aromatic carbocycles. The summed E-state index contributed by atoms with van der Waals surface area (Å²) < 4.78 is 47.2. The van der Waals surface area contributed by atoms with Crippen molar-refractivity contribution in [3.05, 3.63) is 11.7 Å². The molecule has 7 nitrogen and oxygen atoms in total. The zero-order chi connectivity index (χ0) is 14.8. The highest BCUT2D eigenvalue weighted by Crippen LogP contribution is 2.26. The number of halogens is 3. The van der Waals surface area contributed by atoms with Crippen molar-refractivity contribution in [2.24, 2.45) is 0 Å². The number of rotatable bonds is 3. The quantitative estimate of drug-likeness (QED) is 0.857. The SMILES string of the molecule is CNC(=O)c1noc(CN2CCOC(C(F)(F)F)C2)n1. The van der Waals surface area contributed by atoms with E-state index in [-0.39, 0.29) is 31.4 Å². The Morgan fingerprint density at radius 1 is 1.55 bits per heavy atom. The van der Waals surface area contributed by atoms with Crippen LogP contribution >= 0.6 is 0 Å². The molecular weight excluding hydrogens is 281 g/mol. The molecular formula is C10H13F3N4O3. The summed E-state index contributed by atoms with van der Waals surface area (Å²) in [5, 5.41) is 5.76. The summed E-state index contributed by atoms with van der Waals surface area (Å²) in [5.74, 6) is -0.579. The molecule has 1 aromatic heterocycles. The summed E-state index contributed by atoms with van der Waals surface area (Å²) in [7, 11) is 1.41. The van der Waals surface area contributed by atoms with Crippen molar-refractivity contribution >= 4 is 5.91 Å². The highest BCUT2D eigenvalue weighted by molar-refractivity contribution is 5.89. The van der Waals surface area contributed by atoms with E-state index in [1.54, 1.807) is 0 Å². The second-order valence-corrected chi connectivity index (χ2v) is 4.23. The number of ether oxygens (including phenoxy) is 1. The lowest BCUT2D eigenvalue weighted by Gasteiger charge is -2.32. The molecule has 0 radical (unpaired) electrons. The van der Waals surface area contributed by atoms with E-state index in [4.69, 9.17) is 4.52 Å². The van der Waals surface area contributed by atoms with E-state index in [0.717, 1.165) is 0 Å². The maximum absolute atomic E-state index is 12.6. The number of morpholine rings is 1. The highest BCUT2D eigenvalue weighted by Gasteiger charge is 2.43. The van der Waals surface area contributed by atoms with Gasteiger partial charge in [-0.1, -0.05) is 5.16 Å². The smallest absolute Gasteiger partial charge is 0.366 e. The fourth-order valence-electron chi connectivity index (χ4n) is 1.76. The normalized spacial score (nSPS) is 20.9. The van der Waals surface area contributed by atoms with E-state index in [2.05, 4.69) is 20.2 Å². The first kappa shape index (κ1) is 14.7. The summed E-state index contributed by atoms with van der Waals surface area (Å²) in [5.41, 5.74) is 0. The Bertz CT molecular complexity index is 477. The molecule has 1 saturated heterocycles. The molecule has 112 valence electrons. The standard InChI is InChI=1S/C10H13F3N4O3/c1-14-9(18)8-15-7(20-16-8)5-17-2-3-19-6(4-17)10(11,12)13/h6H,2-5H2,1H3,(H,14,18). The molecule has 1 aliphatic rings. The van der Waals surface area contributed by atoms with Crippen LogP contribution in [0.2, 0.25) is 0 Å². The number of hydrogen-bond donors (Lipinski definition) is 1. The summed E-state index contributed by atoms with van der Waals surface area (Å²) in [6.45, 7) is 0.0337. The molecule has 2 rings (SSSR count). The number of hydrogen-bond acceptors (Lipinski definition) is 6. The Kier molecular flexibility index (Phi) is 4.23. The highest BCUT2D eigenvalue weighted by atomic mass is 19.4. The molecule has 1 aromatic rings. The predicted molar refractivity (Wildman–Crippen MR) is 58.8 cm³/mol. The van der Waals surface area contributed by atoms with Crippen molar-refractivity contribution in [2.45, 2.75) is 18.8 Å². The van der Waals surface area contributed by atoms with Gasteiger partial charge in [-0.15, -0.1) is 0 Å². The number of aromatic nitrogens is 2. The first-order chi connectivity index (χ1) is 9.40. The first-order valence-corrected chi connectivity index (χ1v) is 5.85. The third-order valence-corrected chi connectivity index (χ3v) is 2.77. The van der Waals surface area contributed by atoms with Crippen LogP contribution < -0.4 is 5.32 Å². The predicted octanol–water partition coefficient (Wildman–Crippen LogP) is 0.192. The number of amides is 1. The molecule has 0 aliphatic carbocycles. The van der Waals surface area contributed by atoms with Crippen molar-refractivity contribution in [3.63, 3.8) is 0 Å². The minimum atomic E-state index is -4.40. The Morgan fingerprint density at radius 3 is 2.95 bits per heavy atom. The van der Waals surface area contributed by atoms with Gasteiger partial charge in [-0.05, 0) is 0 Å². The molecule has 1 fully saturated rings. The maximum Gasteiger partial charge on any atom is 0.415 e. The number of carbonyl (C=O) groups is 1. The molecule has 1 N–H and O–H groups in total. The Balaban J connectivity index is 1.96. The summed E-state index contributed by atoms with van der Waals surface area (Å²) in [4.78, 5) is 16.5. The zero-order valence-corrected chi connectivity index (χ0v) is 10.6. The minimum Gasteiger partial charge on any atom is -0.366 e. The third kappa shape index (κ3) is 3.45. The van der Waals surface area contributed by atoms with Crippen LogP contribution in [0.5, 0.6) is 0 Å². The van der Waals surface area contributed by atoms with Crippen LogP contribution in [-0.2, 0) is 11.3 Å². The van der Waals surface area contributed by atoms with Crippen molar-refractivity contribution in [1.29, 1.82) is 0 Å². The van der Waals surface area contributed by atoms with Gasteiger partial charge in [-0.2, -0.15) is 18.2 Å². The van der Waals surface area contributed by atoms with Gasteiger partial charge in [0, 0.05) is 20.1 Å². The number of nitrogens with one attached hydrogen (secondary N) is 1. The summed E-state index contributed by atoms with van der Waals surface area (Å²) >= 11 is 0. The van der Waals surface area contributed by atoms with Gasteiger partial charge in [-0.3, -0.25) is 9.69 Å². The van der Waals surface area contributed by atoms with Gasteiger partial charge < -0.3 is 14.6 Å². The van der Waals surface area contributed by atoms with E-state index in [9.17, 15) is 18.0 Å². The molecule has 1 amide bonds. The summed E-state index contributed by atoms with van der Waals surface area (Å²) in [6, 6.07) is 0. The van der Waals surface area contributed by atoms with Crippen molar-refractivity contribution in [2.75, 3.05) is 26.7 Å². The van der Waals surface area contributed by atoms with E-state index in [0.29, 0.717) is 6.54 Å². The van der Waals surface area contributed by atoms with Crippen molar-refractivity contribution in [1.82, 2.24) is 20.4 Å². The van der Waals surface area contributed by atoms with Gasteiger partial charge in [0.1, 0.15) is 0 Å². The average Bonchev–Trinajstić information content (AvgIpc) is 2.85. The van der Waals surface area contributed by atoms with Gasteiger partial charge in [0.2, 0.25) is 5.89 Å². The van der Waals surface area contributed by atoms with Gasteiger partial charge >= 0.3 is 6.18 Å². The topological polar surface area (TPSA) is 80.5 Å². The van der Waals surface area contributed by atoms with E-state index >= 15 is 0 Å². The van der Waals surface area contributed by atoms with E-state index < -0.39 is 18.2 Å². The second kappa shape index (κ2) is 5.75. The van der Waals surface area contributed by atoms with Crippen LogP contribution in [0.1, 0.15) is 16.5 Å². The number of carbonyl (C=O) groups excluding carboxylic acids is 1. The van der Waals surface area contributed by atoms with Gasteiger partial charge in [0.25, 0.3) is 11.7 Å². The van der Waals surface area contributed by atoms with Gasteiger partial charge in [0.05, 0.1) is 13.2 Å². The van der Waals surface area contributed by atoms with Crippen LogP contribution in [0, 0.1) is 0 Å². The Morgan fingerprint density at radius 2 is 2.30 bits per heavy atom. The molecule has 20 heavy (non-hydrogen) atoms. The van der Waals surface area contributed by atoms with Crippen LogP contribution in [-0.4, -0.2) is 60.0 Å². The van der Waals surface area contributed by atoms with Crippen molar-refractivity contribution < 1.29 is 27.2 Å². The molecule has 0 bridgehead atoms. The maximum atomic E-state index is 12.6. The van der Waals surface area contributed by atoms with Crippen LogP contribution in [0.4, 0.5) is 13.2 Å². The lowest BCUT2D eigenvalue weighted by atomic mass is 10.2. The molecule has 10 heteroatoms. The molecule has 1 aliphatic heterocycles. The van der Waals surface area contributed by atoms with Crippen LogP contribution in [0.3, 0.4) is 0 Å². The number of alkyl halides is 3. The lowest BCUT2D eigenvalue weighted by molar-refractivity contribution is -0.238. The van der Waals surface area contributed by atoms with Gasteiger partial charge in [0.15, 0.2) is 6.10 Å². The average molecular weight is 294 g/mol. The molecule has 1 unspecified atom stereocenters. The zero-order valence-electron chi connectivity index (χ0n) is 10.6. The summed E-state index contributed by atoms with van der Waals surface area (Å²) in [6.07, 6.45) is -6.22. The largest absolute Gasteiger partial charge is 0.415 e. The van der Waals surface area contributed by atoms with Crippen LogP contribution in [0.25, 0.3) is 0 Å². The molecule has 1 atom stereocenters. The first-order valence-electron chi connectivity index (χ1n) is 5.85. The Labute approximate surface area is 112 Å². The van der Waals surface area contributed by atoms with E-state index in [1.807, 2.05) is 0 Å². The monoisotopic (exact) mass is 294 g/mol. The third-order valence-electron chi connectivity index (χ3n) is 2.77. The van der Waals surface area contributed by atoms with Gasteiger partial charge in [-0.25, -0.2) is 0 Å². The van der Waals surface area contributed by atoms with Crippen LogP contribution in [0.15, 0.2) is 4.52 Å². The molecule has 2 heterocycles. The Hall–Kier alpha value is -1.68. The molecule has 0 spiro atoms. The van der Waals surface area contributed by atoms with E-state index in [1.165, 1.54) is 11.9 Å². The fourth-order valence-corrected chi connectivity index (χ4v) is 1.76. The molecule has 0 saturated carbocycles. The minimum absolute atomic E-state index is 0.0272. The second-order valence-electron chi connectivity index (χ2n) is 4.23. The number of nitrogens with zero attached hydrogens (tertiary/aromatic N) is 3. The lowest BCUT2D eigenvalue weighted by Crippen LogP contribution is -2.48.